The SMILES string of the molecule is COCCn1cc(-n2ccc(=O)[nH]c2=S)cn1. The van der Waals surface area contributed by atoms with E-state index in [1.165, 1.54) is 6.07 Å². The molecule has 1 N–H and O–H groups in total. The van der Waals surface area contributed by atoms with E-state index in [9.17, 15) is 4.79 Å². The Morgan fingerprint density at radius 2 is 2.41 bits per heavy atom. The van der Waals surface area contributed by atoms with Gasteiger partial charge in [0.15, 0.2) is 4.77 Å². The van der Waals surface area contributed by atoms with Crippen molar-refractivity contribution in [3.05, 3.63) is 39.8 Å². The molecule has 0 aliphatic carbocycles. The Hall–Kier alpha value is -1.73. The summed E-state index contributed by atoms with van der Waals surface area (Å²) in [6.45, 7) is 1.27. The summed E-state index contributed by atoms with van der Waals surface area (Å²) in [5.74, 6) is 0. The Morgan fingerprint density at radius 3 is 3.12 bits per heavy atom. The van der Waals surface area contributed by atoms with E-state index < -0.39 is 0 Å². The van der Waals surface area contributed by atoms with Crippen LogP contribution in [0.5, 0.6) is 0 Å². The van der Waals surface area contributed by atoms with Crippen LogP contribution in [0.3, 0.4) is 0 Å². The second kappa shape index (κ2) is 5.07. The third-order valence-corrected chi connectivity index (χ3v) is 2.54. The number of ether oxygens (including phenoxy) is 1. The number of hydrogen-bond acceptors (Lipinski definition) is 4. The first-order valence-electron chi connectivity index (χ1n) is 5.04. The Bertz CT molecular complexity index is 613. The predicted octanol–water partition coefficient (Wildman–Crippen LogP) is 0.738. The smallest absolute Gasteiger partial charge is 0.251 e. The molecule has 0 spiro atoms. The highest BCUT2D eigenvalue weighted by Gasteiger charge is 2.01. The number of aromatic nitrogens is 4. The second-order valence-electron chi connectivity index (χ2n) is 3.43. The highest BCUT2D eigenvalue weighted by molar-refractivity contribution is 7.71. The summed E-state index contributed by atoms with van der Waals surface area (Å²) < 4.78 is 8.76. The van der Waals surface area contributed by atoms with E-state index in [4.69, 9.17) is 17.0 Å². The number of nitrogens with one attached hydrogen (secondary N) is 1. The fourth-order valence-corrected chi connectivity index (χ4v) is 1.67. The molecule has 7 heteroatoms. The van der Waals surface area contributed by atoms with Gasteiger partial charge >= 0.3 is 0 Å². The molecule has 0 amide bonds. The van der Waals surface area contributed by atoms with Gasteiger partial charge in [-0.15, -0.1) is 0 Å². The van der Waals surface area contributed by atoms with Crippen LogP contribution in [0.25, 0.3) is 5.69 Å². The average molecular weight is 252 g/mol. The molecule has 0 radical (unpaired) electrons. The molecule has 0 aliphatic heterocycles. The molecule has 0 atom stereocenters. The third-order valence-electron chi connectivity index (χ3n) is 2.25. The second-order valence-corrected chi connectivity index (χ2v) is 3.82. The first-order chi connectivity index (χ1) is 8.20. The molecule has 0 saturated carbocycles. The topological polar surface area (TPSA) is 64.8 Å². The predicted molar refractivity (Wildman–Crippen MR) is 64.9 cm³/mol. The molecule has 0 aliphatic rings. The van der Waals surface area contributed by atoms with Crippen LogP contribution in [0.4, 0.5) is 0 Å². The zero-order chi connectivity index (χ0) is 12.3. The van der Waals surface area contributed by atoms with Crippen LogP contribution in [-0.4, -0.2) is 33.0 Å². The van der Waals surface area contributed by atoms with Crippen molar-refractivity contribution in [3.8, 4) is 5.69 Å². The highest BCUT2D eigenvalue weighted by atomic mass is 32.1. The first kappa shape index (κ1) is 11.7. The van der Waals surface area contributed by atoms with Crippen molar-refractivity contribution in [2.75, 3.05) is 13.7 Å². The summed E-state index contributed by atoms with van der Waals surface area (Å²) in [6.07, 6.45) is 5.15. The van der Waals surface area contributed by atoms with Gasteiger partial charge in [0.05, 0.1) is 25.0 Å². The lowest BCUT2D eigenvalue weighted by Crippen LogP contribution is -2.09. The van der Waals surface area contributed by atoms with Crippen molar-refractivity contribution in [1.82, 2.24) is 19.3 Å². The van der Waals surface area contributed by atoms with E-state index in [1.807, 2.05) is 6.20 Å². The van der Waals surface area contributed by atoms with Crippen LogP contribution in [0.2, 0.25) is 0 Å². The zero-order valence-electron chi connectivity index (χ0n) is 9.29. The van der Waals surface area contributed by atoms with Gasteiger partial charge in [-0.3, -0.25) is 19.0 Å². The molecule has 0 bridgehead atoms. The molecule has 0 fully saturated rings. The lowest BCUT2D eigenvalue weighted by atomic mass is 10.5. The van der Waals surface area contributed by atoms with Crippen molar-refractivity contribution in [2.45, 2.75) is 6.54 Å². The molecular formula is C10H12N4O2S. The van der Waals surface area contributed by atoms with E-state index >= 15 is 0 Å². The van der Waals surface area contributed by atoms with Crippen LogP contribution in [0.15, 0.2) is 29.5 Å². The van der Waals surface area contributed by atoms with Gasteiger partial charge in [-0.05, 0) is 12.2 Å². The Balaban J connectivity index is 2.30. The van der Waals surface area contributed by atoms with Gasteiger partial charge in [-0.1, -0.05) is 0 Å². The van der Waals surface area contributed by atoms with E-state index in [2.05, 4.69) is 10.1 Å². The summed E-state index contributed by atoms with van der Waals surface area (Å²) in [5.41, 5.74) is 0.598. The Morgan fingerprint density at radius 1 is 1.59 bits per heavy atom. The Kier molecular flexibility index (Phi) is 3.50. The van der Waals surface area contributed by atoms with Crippen LogP contribution in [0.1, 0.15) is 0 Å². The van der Waals surface area contributed by atoms with Crippen molar-refractivity contribution >= 4 is 12.2 Å². The van der Waals surface area contributed by atoms with Gasteiger partial charge in [-0.2, -0.15) is 5.10 Å². The highest BCUT2D eigenvalue weighted by Crippen LogP contribution is 2.05. The van der Waals surface area contributed by atoms with Crippen LogP contribution >= 0.6 is 12.2 Å². The minimum atomic E-state index is -0.210. The molecule has 0 saturated heterocycles. The summed E-state index contributed by atoms with van der Waals surface area (Å²) in [7, 11) is 1.64. The Labute approximate surface area is 102 Å². The first-order valence-corrected chi connectivity index (χ1v) is 5.45. The van der Waals surface area contributed by atoms with E-state index in [0.29, 0.717) is 17.9 Å². The van der Waals surface area contributed by atoms with Crippen molar-refractivity contribution < 1.29 is 4.74 Å². The fraction of sp³-hybridized carbons (Fsp3) is 0.300. The third kappa shape index (κ3) is 2.69. The molecule has 0 unspecified atom stereocenters. The van der Waals surface area contributed by atoms with E-state index in [1.54, 1.807) is 28.8 Å². The molecule has 2 heterocycles. The van der Waals surface area contributed by atoms with Gasteiger partial charge in [0.2, 0.25) is 0 Å². The average Bonchev–Trinajstić information content (AvgIpc) is 2.75. The van der Waals surface area contributed by atoms with Crippen LogP contribution in [-0.2, 0) is 11.3 Å². The maximum absolute atomic E-state index is 11.0. The van der Waals surface area contributed by atoms with Crippen LogP contribution < -0.4 is 5.56 Å². The number of aromatic amines is 1. The molecule has 2 rings (SSSR count). The maximum Gasteiger partial charge on any atom is 0.251 e. The molecule has 17 heavy (non-hydrogen) atoms. The number of H-pyrrole nitrogens is 1. The quantitative estimate of drug-likeness (QED) is 0.815. The van der Waals surface area contributed by atoms with Gasteiger partial charge < -0.3 is 4.74 Å². The van der Waals surface area contributed by atoms with Gasteiger partial charge in [0.1, 0.15) is 0 Å². The van der Waals surface area contributed by atoms with Crippen molar-refractivity contribution in [3.63, 3.8) is 0 Å². The van der Waals surface area contributed by atoms with Gasteiger partial charge in [0.25, 0.3) is 5.56 Å². The molecule has 0 aromatic carbocycles. The van der Waals surface area contributed by atoms with Gasteiger partial charge in [-0.25, -0.2) is 0 Å². The summed E-state index contributed by atoms with van der Waals surface area (Å²) >= 11 is 5.06. The largest absolute Gasteiger partial charge is 0.383 e. The van der Waals surface area contributed by atoms with Crippen molar-refractivity contribution in [2.24, 2.45) is 0 Å². The lowest BCUT2D eigenvalue weighted by Gasteiger charge is -2.01. The van der Waals surface area contributed by atoms with E-state index in [0.717, 1.165) is 5.69 Å². The van der Waals surface area contributed by atoms with E-state index in [-0.39, 0.29) is 5.56 Å². The minimum Gasteiger partial charge on any atom is -0.383 e. The van der Waals surface area contributed by atoms with Crippen molar-refractivity contribution in [1.29, 1.82) is 0 Å². The molecular weight excluding hydrogens is 240 g/mol. The number of methoxy groups -OCH3 is 1. The number of hydrogen-bond donors (Lipinski definition) is 1. The molecule has 2 aromatic rings. The molecule has 2 aromatic heterocycles. The number of rotatable bonds is 4. The number of nitrogens with zero attached hydrogens (tertiary/aromatic N) is 3. The summed E-state index contributed by atoms with van der Waals surface area (Å²) in [6, 6.07) is 1.42. The molecule has 6 nitrogen and oxygen atoms in total. The lowest BCUT2D eigenvalue weighted by molar-refractivity contribution is 0.183. The maximum atomic E-state index is 11.0. The summed E-state index contributed by atoms with van der Waals surface area (Å²) in [4.78, 5) is 13.6. The summed E-state index contributed by atoms with van der Waals surface area (Å²) in [5, 5.41) is 4.17. The molecule has 90 valence electrons. The minimum absolute atomic E-state index is 0.210. The standard InChI is InChI=1S/C10H12N4O2S/c1-16-5-4-13-7-8(6-11-13)14-3-2-9(15)12-10(14)17/h2-3,6-7H,4-5H2,1H3,(H,12,15,17). The normalized spacial score (nSPS) is 10.6. The fourth-order valence-electron chi connectivity index (χ4n) is 1.40. The zero-order valence-corrected chi connectivity index (χ0v) is 10.1. The van der Waals surface area contributed by atoms with Crippen LogP contribution in [0, 0.1) is 4.77 Å². The van der Waals surface area contributed by atoms with Gasteiger partial charge in [0, 0.05) is 25.6 Å². The monoisotopic (exact) mass is 252 g/mol.